The van der Waals surface area contributed by atoms with Gasteiger partial charge in [0.25, 0.3) is 0 Å². The van der Waals surface area contributed by atoms with E-state index in [4.69, 9.17) is 17.1 Å². The van der Waals surface area contributed by atoms with Crippen LogP contribution in [0.15, 0.2) is 0 Å². The smallest absolute Gasteiger partial charge is 0.455 e. The highest BCUT2D eigenvalue weighted by molar-refractivity contribution is 6.42. The molecule has 2 rings (SSSR count). The van der Waals surface area contributed by atoms with Crippen LogP contribution in [-0.4, -0.2) is 40.6 Å². The van der Waals surface area contributed by atoms with Crippen molar-refractivity contribution in [1.29, 1.82) is 0 Å². The molecule has 2 saturated heterocycles. The molecule has 0 aromatic rings. The number of hydrogen-bond acceptors (Lipinski definition) is 4. The first-order chi connectivity index (χ1) is 6.84. The first-order valence-corrected chi connectivity index (χ1v) is 7.48. The van der Waals surface area contributed by atoms with E-state index in [9.17, 15) is 0 Å². The second-order valence-electron chi connectivity index (χ2n) is 3.72. The first-order valence-electron chi connectivity index (χ1n) is 5.39. The normalized spacial score (nSPS) is 32.4. The second kappa shape index (κ2) is 5.45. The maximum absolute atomic E-state index is 5.69. The molecule has 2 unspecified atom stereocenters. The van der Waals surface area contributed by atoms with Crippen molar-refractivity contribution in [1.82, 2.24) is 0 Å². The molecule has 0 aliphatic carbocycles. The molecule has 0 saturated carbocycles. The van der Waals surface area contributed by atoms with Crippen LogP contribution in [0, 0.1) is 0 Å². The molecule has 0 amide bonds. The molecule has 0 spiro atoms. The average Bonchev–Trinajstić information content (AvgIpc) is 2.76. The van der Waals surface area contributed by atoms with E-state index in [2.05, 4.69) is 0 Å². The Kier molecular flexibility index (Phi) is 4.24. The van der Waals surface area contributed by atoms with Crippen molar-refractivity contribution in [2.75, 3.05) is 13.2 Å². The standard InChI is InChI=1S/2C4H7O2.CH3.Al/c2*5-4-2-1-3-6-4;;/h2*4H,1-3H2;1H3;/q2*-1;;+2. The van der Waals surface area contributed by atoms with Crippen LogP contribution in [0.3, 0.4) is 0 Å². The van der Waals surface area contributed by atoms with Crippen molar-refractivity contribution in [3.05, 3.63) is 0 Å². The van der Waals surface area contributed by atoms with Gasteiger partial charge in [0.1, 0.15) is 12.6 Å². The monoisotopic (exact) mass is 216 g/mol. The lowest BCUT2D eigenvalue weighted by Gasteiger charge is -2.18. The fourth-order valence-corrected chi connectivity index (χ4v) is 3.12. The lowest BCUT2D eigenvalue weighted by atomic mass is 10.4. The zero-order valence-corrected chi connectivity index (χ0v) is 9.76. The Hall–Kier alpha value is 0.372. The van der Waals surface area contributed by atoms with Gasteiger partial charge in [0.2, 0.25) is 0 Å². The minimum atomic E-state index is -1.56. The largest absolute Gasteiger partial charge is 0.674 e. The number of rotatable bonds is 4. The maximum atomic E-state index is 5.69. The molecule has 2 aliphatic heterocycles. The zero-order valence-electron chi connectivity index (χ0n) is 8.61. The van der Waals surface area contributed by atoms with Gasteiger partial charge in [0.05, 0.1) is 0 Å². The SMILES string of the molecule is [CH3][Al]([O]C1CCCO1)[O]C1CCCO1. The molecular formula is C9H17AlO4. The average molecular weight is 216 g/mol. The molecule has 0 N–H and O–H groups in total. The Morgan fingerprint density at radius 1 is 1.00 bits per heavy atom. The Labute approximate surface area is 89.5 Å². The van der Waals surface area contributed by atoms with Gasteiger partial charge in [-0.05, 0) is 25.7 Å². The fraction of sp³-hybridized carbons (Fsp3) is 1.00. The molecule has 0 aromatic heterocycles. The van der Waals surface area contributed by atoms with E-state index in [-0.39, 0.29) is 12.6 Å². The quantitative estimate of drug-likeness (QED) is 0.666. The predicted molar refractivity (Wildman–Crippen MR) is 51.7 cm³/mol. The summed E-state index contributed by atoms with van der Waals surface area (Å²) >= 11 is -1.56. The predicted octanol–water partition coefficient (Wildman–Crippen LogP) is 1.41. The molecular weight excluding hydrogens is 199 g/mol. The van der Waals surface area contributed by atoms with Crippen LogP contribution in [0.25, 0.3) is 0 Å². The molecule has 2 aliphatic rings. The van der Waals surface area contributed by atoms with E-state index in [0.717, 1.165) is 38.9 Å². The molecule has 5 heteroatoms. The minimum absolute atomic E-state index is 0.0157. The highest BCUT2D eigenvalue weighted by atomic mass is 27.2. The summed E-state index contributed by atoms with van der Waals surface area (Å²) in [6.07, 6.45) is 4.19. The highest BCUT2D eigenvalue weighted by Crippen LogP contribution is 2.18. The Balaban J connectivity index is 1.64. The van der Waals surface area contributed by atoms with Crippen LogP contribution in [0.1, 0.15) is 25.7 Å². The van der Waals surface area contributed by atoms with Crippen molar-refractivity contribution < 1.29 is 17.1 Å². The summed E-state index contributed by atoms with van der Waals surface area (Å²) in [4.78, 5) is 0. The topological polar surface area (TPSA) is 36.9 Å². The van der Waals surface area contributed by atoms with Crippen LogP contribution in [0.5, 0.6) is 0 Å². The Morgan fingerprint density at radius 3 is 1.86 bits per heavy atom. The van der Waals surface area contributed by atoms with E-state index in [1.807, 2.05) is 5.79 Å². The van der Waals surface area contributed by atoms with Crippen LogP contribution in [-0.2, 0) is 17.1 Å². The van der Waals surface area contributed by atoms with Gasteiger partial charge in [-0.1, -0.05) is 5.79 Å². The summed E-state index contributed by atoms with van der Waals surface area (Å²) in [7, 11) is 0. The Morgan fingerprint density at radius 2 is 1.50 bits per heavy atom. The summed E-state index contributed by atoms with van der Waals surface area (Å²) in [6.45, 7) is 1.65. The molecule has 14 heavy (non-hydrogen) atoms. The zero-order chi connectivity index (χ0) is 9.80. The van der Waals surface area contributed by atoms with E-state index in [1.54, 1.807) is 0 Å². The maximum Gasteiger partial charge on any atom is 0.674 e. The van der Waals surface area contributed by atoms with Crippen molar-refractivity contribution in [2.45, 2.75) is 44.0 Å². The summed E-state index contributed by atoms with van der Waals surface area (Å²) < 4.78 is 22.1. The molecule has 4 nitrogen and oxygen atoms in total. The van der Waals surface area contributed by atoms with Crippen LogP contribution in [0.4, 0.5) is 0 Å². The lowest BCUT2D eigenvalue weighted by Crippen LogP contribution is -2.30. The molecule has 2 atom stereocenters. The van der Waals surface area contributed by atoms with Crippen molar-refractivity contribution in [2.24, 2.45) is 0 Å². The van der Waals surface area contributed by atoms with Crippen molar-refractivity contribution >= 4 is 14.8 Å². The number of ether oxygens (including phenoxy) is 2. The van der Waals surface area contributed by atoms with Gasteiger partial charge in [-0.2, -0.15) is 0 Å². The van der Waals surface area contributed by atoms with E-state index >= 15 is 0 Å². The van der Waals surface area contributed by atoms with Gasteiger partial charge < -0.3 is 17.1 Å². The molecule has 2 heterocycles. The molecule has 0 aromatic carbocycles. The van der Waals surface area contributed by atoms with Gasteiger partial charge >= 0.3 is 14.8 Å². The summed E-state index contributed by atoms with van der Waals surface area (Å²) in [6, 6.07) is 0. The first kappa shape index (κ1) is 10.9. The van der Waals surface area contributed by atoms with Crippen LogP contribution < -0.4 is 0 Å². The summed E-state index contributed by atoms with van der Waals surface area (Å²) in [5.41, 5.74) is 0. The minimum Gasteiger partial charge on any atom is -0.455 e. The third-order valence-corrected chi connectivity index (χ3v) is 3.84. The van der Waals surface area contributed by atoms with Crippen molar-refractivity contribution in [3.8, 4) is 0 Å². The molecule has 80 valence electrons. The van der Waals surface area contributed by atoms with E-state index in [1.165, 1.54) is 0 Å². The lowest BCUT2D eigenvalue weighted by molar-refractivity contribution is -0.0917. The molecule has 2 fully saturated rings. The summed E-state index contributed by atoms with van der Waals surface area (Å²) in [5, 5.41) is 0. The number of hydrogen-bond donors (Lipinski definition) is 0. The van der Waals surface area contributed by atoms with Crippen molar-refractivity contribution in [3.63, 3.8) is 0 Å². The molecule has 0 radical (unpaired) electrons. The van der Waals surface area contributed by atoms with Crippen LogP contribution in [0.2, 0.25) is 5.79 Å². The molecule has 0 bridgehead atoms. The third kappa shape index (κ3) is 3.20. The van der Waals surface area contributed by atoms with Gasteiger partial charge in [-0.25, -0.2) is 0 Å². The summed E-state index contributed by atoms with van der Waals surface area (Å²) in [5.74, 6) is 2.03. The highest BCUT2D eigenvalue weighted by Gasteiger charge is 2.29. The Bertz CT molecular complexity index is 148. The van der Waals surface area contributed by atoms with Gasteiger partial charge in [-0.15, -0.1) is 0 Å². The van der Waals surface area contributed by atoms with Crippen LogP contribution >= 0.6 is 0 Å². The van der Waals surface area contributed by atoms with E-state index in [0.29, 0.717) is 0 Å². The third-order valence-electron chi connectivity index (χ3n) is 2.46. The van der Waals surface area contributed by atoms with E-state index < -0.39 is 14.8 Å². The fourth-order valence-electron chi connectivity index (χ4n) is 1.77. The van der Waals surface area contributed by atoms with Gasteiger partial charge in [-0.3, -0.25) is 0 Å². The van der Waals surface area contributed by atoms with Gasteiger partial charge in [0.15, 0.2) is 0 Å². The van der Waals surface area contributed by atoms with Gasteiger partial charge in [0, 0.05) is 13.2 Å². The second-order valence-corrected chi connectivity index (χ2v) is 5.40.